The van der Waals surface area contributed by atoms with E-state index in [0.29, 0.717) is 5.82 Å². The van der Waals surface area contributed by atoms with Gasteiger partial charge in [0.25, 0.3) is 0 Å². The molecular formula is C19H14N4. The first-order valence-corrected chi connectivity index (χ1v) is 7.38. The zero-order valence-electron chi connectivity index (χ0n) is 12.3. The third-order valence-electron chi connectivity index (χ3n) is 3.60. The van der Waals surface area contributed by atoms with Crippen LogP contribution in [0.15, 0.2) is 78.0 Å². The standard InChI is InChI=1S/C19H14N4/c1-4-8-18-15(5-1)9-10-19(22-18)23-21-13-14-11-16-6-2-3-7-17(16)20-12-14/h1-13H,(H,22,23). The number of rotatable bonds is 3. The molecule has 2 heterocycles. The van der Waals surface area contributed by atoms with Crippen LogP contribution in [0.2, 0.25) is 0 Å². The Bertz CT molecular complexity index is 1010. The normalized spacial score (nSPS) is 11.3. The van der Waals surface area contributed by atoms with Crippen molar-refractivity contribution in [1.82, 2.24) is 9.97 Å². The van der Waals surface area contributed by atoms with Crippen molar-refractivity contribution in [1.29, 1.82) is 0 Å². The predicted molar refractivity (Wildman–Crippen MR) is 94.7 cm³/mol. The summed E-state index contributed by atoms with van der Waals surface area (Å²) in [4.78, 5) is 8.93. The predicted octanol–water partition coefficient (Wildman–Crippen LogP) is 4.23. The van der Waals surface area contributed by atoms with E-state index in [2.05, 4.69) is 26.6 Å². The van der Waals surface area contributed by atoms with Gasteiger partial charge in [0.1, 0.15) is 5.82 Å². The highest BCUT2D eigenvalue weighted by molar-refractivity contribution is 5.88. The molecule has 1 N–H and O–H groups in total. The van der Waals surface area contributed by atoms with Gasteiger partial charge in [-0.1, -0.05) is 36.4 Å². The van der Waals surface area contributed by atoms with Gasteiger partial charge in [-0.2, -0.15) is 5.10 Å². The van der Waals surface area contributed by atoms with Crippen molar-refractivity contribution in [3.05, 3.63) is 78.5 Å². The Balaban J connectivity index is 1.55. The molecule has 4 nitrogen and oxygen atoms in total. The molecule has 4 heteroatoms. The summed E-state index contributed by atoms with van der Waals surface area (Å²) < 4.78 is 0. The van der Waals surface area contributed by atoms with E-state index in [1.807, 2.05) is 60.7 Å². The maximum atomic E-state index is 4.52. The Labute approximate surface area is 133 Å². The molecule has 4 aromatic rings. The molecule has 2 aromatic carbocycles. The smallest absolute Gasteiger partial charge is 0.146 e. The Morgan fingerprint density at radius 2 is 1.61 bits per heavy atom. The summed E-state index contributed by atoms with van der Waals surface area (Å²) in [6, 6.07) is 22.0. The maximum Gasteiger partial charge on any atom is 0.146 e. The molecule has 0 aliphatic carbocycles. The van der Waals surface area contributed by atoms with Gasteiger partial charge in [0.2, 0.25) is 0 Å². The molecule has 0 fully saturated rings. The minimum atomic E-state index is 0.716. The summed E-state index contributed by atoms with van der Waals surface area (Å²) in [5.74, 6) is 0.716. The highest BCUT2D eigenvalue weighted by atomic mass is 15.3. The van der Waals surface area contributed by atoms with E-state index >= 15 is 0 Å². The highest BCUT2D eigenvalue weighted by Gasteiger charge is 1.97. The molecule has 0 saturated carbocycles. The van der Waals surface area contributed by atoms with Crippen molar-refractivity contribution in [2.24, 2.45) is 5.10 Å². The Hall–Kier alpha value is -3.27. The maximum absolute atomic E-state index is 4.52. The average Bonchev–Trinajstić information content (AvgIpc) is 2.61. The topological polar surface area (TPSA) is 50.2 Å². The van der Waals surface area contributed by atoms with Crippen LogP contribution in [0, 0.1) is 0 Å². The number of hydrogen-bond acceptors (Lipinski definition) is 4. The molecule has 0 spiro atoms. The molecule has 0 saturated heterocycles. The second kappa shape index (κ2) is 5.85. The van der Waals surface area contributed by atoms with Crippen molar-refractivity contribution >= 4 is 33.8 Å². The number of hydrogen-bond donors (Lipinski definition) is 1. The fourth-order valence-corrected chi connectivity index (χ4v) is 2.46. The Morgan fingerprint density at radius 1 is 0.826 bits per heavy atom. The van der Waals surface area contributed by atoms with Gasteiger partial charge in [-0.25, -0.2) is 4.98 Å². The number of anilines is 1. The average molecular weight is 298 g/mol. The van der Waals surface area contributed by atoms with Crippen LogP contribution in [-0.4, -0.2) is 16.2 Å². The van der Waals surface area contributed by atoms with Gasteiger partial charge in [-0.15, -0.1) is 0 Å². The first-order chi connectivity index (χ1) is 11.4. The summed E-state index contributed by atoms with van der Waals surface area (Å²) in [5, 5.41) is 6.46. The van der Waals surface area contributed by atoms with Crippen molar-refractivity contribution < 1.29 is 0 Å². The number of hydrazone groups is 1. The van der Waals surface area contributed by atoms with Gasteiger partial charge < -0.3 is 0 Å². The summed E-state index contributed by atoms with van der Waals surface area (Å²) in [5.41, 5.74) is 5.83. The number of benzene rings is 2. The van der Waals surface area contributed by atoms with Crippen molar-refractivity contribution in [2.75, 3.05) is 5.43 Å². The van der Waals surface area contributed by atoms with E-state index in [9.17, 15) is 0 Å². The molecule has 0 aliphatic rings. The van der Waals surface area contributed by atoms with Crippen LogP contribution in [0.25, 0.3) is 21.8 Å². The lowest BCUT2D eigenvalue weighted by molar-refractivity contribution is 1.26. The number of para-hydroxylation sites is 2. The molecule has 23 heavy (non-hydrogen) atoms. The monoisotopic (exact) mass is 298 g/mol. The molecule has 2 aromatic heterocycles. The third-order valence-corrected chi connectivity index (χ3v) is 3.60. The van der Waals surface area contributed by atoms with E-state index in [1.54, 1.807) is 12.4 Å². The molecule has 0 radical (unpaired) electrons. The lowest BCUT2D eigenvalue weighted by Crippen LogP contribution is -1.94. The summed E-state index contributed by atoms with van der Waals surface area (Å²) >= 11 is 0. The lowest BCUT2D eigenvalue weighted by atomic mass is 10.2. The second-order valence-electron chi connectivity index (χ2n) is 5.22. The van der Waals surface area contributed by atoms with E-state index in [4.69, 9.17) is 0 Å². The molecule has 110 valence electrons. The van der Waals surface area contributed by atoms with Gasteiger partial charge in [0.15, 0.2) is 0 Å². The molecule has 0 atom stereocenters. The van der Waals surface area contributed by atoms with Crippen LogP contribution >= 0.6 is 0 Å². The quantitative estimate of drug-likeness (QED) is 0.455. The van der Waals surface area contributed by atoms with Gasteiger partial charge >= 0.3 is 0 Å². The third kappa shape index (κ3) is 2.87. The van der Waals surface area contributed by atoms with Gasteiger partial charge in [0, 0.05) is 22.5 Å². The zero-order chi connectivity index (χ0) is 15.5. The van der Waals surface area contributed by atoms with E-state index in [1.165, 1.54) is 0 Å². The molecule has 0 amide bonds. The number of nitrogens with zero attached hydrogens (tertiary/aromatic N) is 3. The van der Waals surface area contributed by atoms with Crippen LogP contribution in [-0.2, 0) is 0 Å². The zero-order valence-corrected chi connectivity index (χ0v) is 12.3. The van der Waals surface area contributed by atoms with Crippen LogP contribution in [0.1, 0.15) is 5.56 Å². The molecule has 0 aliphatic heterocycles. The first-order valence-electron chi connectivity index (χ1n) is 7.38. The number of fused-ring (bicyclic) bond motifs is 2. The summed E-state index contributed by atoms with van der Waals surface area (Å²) in [6.07, 6.45) is 3.55. The van der Waals surface area contributed by atoms with Crippen molar-refractivity contribution in [2.45, 2.75) is 0 Å². The minimum absolute atomic E-state index is 0.716. The summed E-state index contributed by atoms with van der Waals surface area (Å²) in [7, 11) is 0. The second-order valence-corrected chi connectivity index (χ2v) is 5.22. The fraction of sp³-hybridized carbons (Fsp3) is 0. The molecule has 4 rings (SSSR count). The minimum Gasteiger partial charge on any atom is -0.261 e. The largest absolute Gasteiger partial charge is 0.261 e. The van der Waals surface area contributed by atoms with Crippen LogP contribution in [0.4, 0.5) is 5.82 Å². The number of nitrogens with one attached hydrogen (secondary N) is 1. The molecular weight excluding hydrogens is 284 g/mol. The van der Waals surface area contributed by atoms with Gasteiger partial charge in [-0.3, -0.25) is 10.4 Å². The van der Waals surface area contributed by atoms with Gasteiger partial charge in [0.05, 0.1) is 17.2 Å². The molecule has 0 bridgehead atoms. The first kappa shape index (κ1) is 13.4. The van der Waals surface area contributed by atoms with Crippen LogP contribution in [0.3, 0.4) is 0 Å². The Morgan fingerprint density at radius 3 is 2.52 bits per heavy atom. The SMILES string of the molecule is C(=NNc1ccc2ccccc2n1)c1cnc2ccccc2c1. The lowest BCUT2D eigenvalue weighted by Gasteiger charge is -2.02. The van der Waals surface area contributed by atoms with E-state index in [0.717, 1.165) is 27.4 Å². The number of pyridine rings is 2. The van der Waals surface area contributed by atoms with Crippen molar-refractivity contribution in [3.63, 3.8) is 0 Å². The van der Waals surface area contributed by atoms with E-state index in [-0.39, 0.29) is 0 Å². The number of aromatic nitrogens is 2. The van der Waals surface area contributed by atoms with Gasteiger partial charge in [-0.05, 0) is 30.3 Å². The van der Waals surface area contributed by atoms with Crippen LogP contribution in [0.5, 0.6) is 0 Å². The molecule has 0 unspecified atom stereocenters. The van der Waals surface area contributed by atoms with Crippen LogP contribution < -0.4 is 5.43 Å². The Kier molecular flexibility index (Phi) is 3.41. The van der Waals surface area contributed by atoms with E-state index < -0.39 is 0 Å². The highest BCUT2D eigenvalue weighted by Crippen LogP contribution is 2.15. The summed E-state index contributed by atoms with van der Waals surface area (Å²) in [6.45, 7) is 0. The van der Waals surface area contributed by atoms with Crippen molar-refractivity contribution in [3.8, 4) is 0 Å². The fourth-order valence-electron chi connectivity index (χ4n) is 2.46.